The lowest BCUT2D eigenvalue weighted by Gasteiger charge is -2.39. The molecule has 3 rings (SSSR count). The zero-order chi connectivity index (χ0) is 10.3. The molecule has 0 N–H and O–H groups in total. The monoisotopic (exact) mass is 206 g/mol. The summed E-state index contributed by atoms with van der Waals surface area (Å²) in [6, 6.07) is 6.18. The van der Waals surface area contributed by atoms with Crippen LogP contribution in [0.15, 0.2) is 18.2 Å². The van der Waals surface area contributed by atoms with Crippen molar-refractivity contribution in [2.24, 2.45) is 0 Å². The van der Waals surface area contributed by atoms with E-state index in [-0.39, 0.29) is 5.41 Å². The predicted octanol–water partition coefficient (Wildman–Crippen LogP) is 1.75. The van der Waals surface area contributed by atoms with Crippen LogP contribution in [-0.4, -0.2) is 26.4 Å². The maximum Gasteiger partial charge on any atom is 0.161 e. The van der Waals surface area contributed by atoms with Crippen LogP contribution in [0, 0.1) is 0 Å². The Kier molecular flexibility index (Phi) is 1.89. The Morgan fingerprint density at radius 1 is 1.07 bits per heavy atom. The summed E-state index contributed by atoms with van der Waals surface area (Å²) in [4.78, 5) is 0. The quantitative estimate of drug-likeness (QED) is 0.700. The summed E-state index contributed by atoms with van der Waals surface area (Å²) < 4.78 is 16.3. The molecule has 3 heteroatoms. The van der Waals surface area contributed by atoms with Gasteiger partial charge in [-0.2, -0.15) is 0 Å². The molecular formula is C12H14O3. The fourth-order valence-corrected chi connectivity index (χ4v) is 1.99. The van der Waals surface area contributed by atoms with Gasteiger partial charge in [-0.05, 0) is 17.7 Å². The van der Waals surface area contributed by atoms with Crippen molar-refractivity contribution in [1.29, 1.82) is 0 Å². The first-order valence-corrected chi connectivity index (χ1v) is 5.26. The molecule has 0 atom stereocenters. The van der Waals surface area contributed by atoms with Gasteiger partial charge in [-0.25, -0.2) is 0 Å². The highest BCUT2D eigenvalue weighted by Crippen LogP contribution is 2.38. The largest absolute Gasteiger partial charge is 0.486 e. The van der Waals surface area contributed by atoms with Gasteiger partial charge in [0.15, 0.2) is 11.5 Å². The average molecular weight is 206 g/mol. The van der Waals surface area contributed by atoms with Crippen LogP contribution in [0.3, 0.4) is 0 Å². The molecule has 2 aliphatic heterocycles. The molecule has 1 saturated heterocycles. The van der Waals surface area contributed by atoms with E-state index in [4.69, 9.17) is 14.2 Å². The molecular weight excluding hydrogens is 192 g/mol. The van der Waals surface area contributed by atoms with E-state index in [0.717, 1.165) is 24.7 Å². The molecule has 3 nitrogen and oxygen atoms in total. The van der Waals surface area contributed by atoms with E-state index in [0.29, 0.717) is 13.2 Å². The minimum atomic E-state index is 0.163. The second-order valence-corrected chi connectivity index (χ2v) is 4.41. The minimum Gasteiger partial charge on any atom is -0.486 e. The molecule has 0 aliphatic carbocycles. The topological polar surface area (TPSA) is 27.7 Å². The minimum absolute atomic E-state index is 0.163. The van der Waals surface area contributed by atoms with Crippen LogP contribution in [0.1, 0.15) is 12.5 Å². The fraction of sp³-hybridized carbons (Fsp3) is 0.500. The van der Waals surface area contributed by atoms with Gasteiger partial charge in [0.05, 0.1) is 13.2 Å². The van der Waals surface area contributed by atoms with Gasteiger partial charge in [0.2, 0.25) is 0 Å². The molecule has 15 heavy (non-hydrogen) atoms. The third-order valence-electron chi connectivity index (χ3n) is 3.08. The lowest BCUT2D eigenvalue weighted by molar-refractivity contribution is -0.0501. The van der Waals surface area contributed by atoms with Crippen LogP contribution >= 0.6 is 0 Å². The summed E-state index contributed by atoms with van der Waals surface area (Å²) in [7, 11) is 0. The van der Waals surface area contributed by atoms with Crippen molar-refractivity contribution in [3.05, 3.63) is 23.8 Å². The molecule has 1 fully saturated rings. The Labute approximate surface area is 89.0 Å². The van der Waals surface area contributed by atoms with Crippen LogP contribution < -0.4 is 9.47 Å². The summed E-state index contributed by atoms with van der Waals surface area (Å²) in [5, 5.41) is 0. The molecule has 2 aliphatic rings. The van der Waals surface area contributed by atoms with Gasteiger partial charge < -0.3 is 14.2 Å². The molecule has 2 heterocycles. The first kappa shape index (κ1) is 9.04. The number of hydrogen-bond donors (Lipinski definition) is 0. The number of benzene rings is 1. The standard InChI is InChI=1S/C12H14O3/c1-12(7-13-8-12)9-2-3-10-11(6-9)15-5-4-14-10/h2-3,6H,4-5,7-8H2,1H3. The zero-order valence-electron chi connectivity index (χ0n) is 8.79. The summed E-state index contributed by atoms with van der Waals surface area (Å²) in [6.45, 7) is 5.09. The Morgan fingerprint density at radius 3 is 2.47 bits per heavy atom. The van der Waals surface area contributed by atoms with Gasteiger partial charge in [0, 0.05) is 5.41 Å². The van der Waals surface area contributed by atoms with Crippen molar-refractivity contribution in [3.63, 3.8) is 0 Å². The van der Waals surface area contributed by atoms with Crippen molar-refractivity contribution in [2.75, 3.05) is 26.4 Å². The molecule has 80 valence electrons. The Morgan fingerprint density at radius 2 is 1.80 bits per heavy atom. The molecule has 1 aromatic carbocycles. The molecule has 0 spiro atoms. The second kappa shape index (κ2) is 3.14. The molecule has 0 aromatic heterocycles. The lowest BCUT2D eigenvalue weighted by Crippen LogP contribution is -2.43. The van der Waals surface area contributed by atoms with E-state index in [1.807, 2.05) is 6.07 Å². The number of ether oxygens (including phenoxy) is 3. The Balaban J connectivity index is 1.97. The third-order valence-corrected chi connectivity index (χ3v) is 3.08. The fourth-order valence-electron chi connectivity index (χ4n) is 1.99. The van der Waals surface area contributed by atoms with E-state index in [1.165, 1.54) is 5.56 Å². The first-order chi connectivity index (χ1) is 7.28. The number of hydrogen-bond acceptors (Lipinski definition) is 3. The maximum atomic E-state index is 5.56. The van der Waals surface area contributed by atoms with Crippen molar-refractivity contribution in [3.8, 4) is 11.5 Å². The van der Waals surface area contributed by atoms with Gasteiger partial charge in [0.1, 0.15) is 13.2 Å². The van der Waals surface area contributed by atoms with Gasteiger partial charge >= 0.3 is 0 Å². The van der Waals surface area contributed by atoms with E-state index < -0.39 is 0 Å². The van der Waals surface area contributed by atoms with Crippen molar-refractivity contribution in [2.45, 2.75) is 12.3 Å². The van der Waals surface area contributed by atoms with Crippen molar-refractivity contribution in [1.82, 2.24) is 0 Å². The predicted molar refractivity (Wildman–Crippen MR) is 55.6 cm³/mol. The van der Waals surface area contributed by atoms with Crippen LogP contribution in [0.25, 0.3) is 0 Å². The molecule has 0 radical (unpaired) electrons. The molecule has 0 amide bonds. The van der Waals surface area contributed by atoms with Crippen LogP contribution in [-0.2, 0) is 10.2 Å². The van der Waals surface area contributed by atoms with Gasteiger partial charge in [0.25, 0.3) is 0 Å². The number of rotatable bonds is 1. The summed E-state index contributed by atoms with van der Waals surface area (Å²) in [5.74, 6) is 1.72. The zero-order valence-corrected chi connectivity index (χ0v) is 8.79. The molecule has 0 saturated carbocycles. The van der Waals surface area contributed by atoms with E-state index in [1.54, 1.807) is 0 Å². The van der Waals surface area contributed by atoms with Crippen LogP contribution in [0.5, 0.6) is 11.5 Å². The Bertz CT molecular complexity index is 382. The average Bonchev–Trinajstić information content (AvgIpc) is 2.25. The smallest absolute Gasteiger partial charge is 0.161 e. The van der Waals surface area contributed by atoms with Gasteiger partial charge in [-0.1, -0.05) is 13.0 Å². The highest BCUT2D eigenvalue weighted by Gasteiger charge is 2.35. The maximum absolute atomic E-state index is 5.56. The second-order valence-electron chi connectivity index (χ2n) is 4.41. The highest BCUT2D eigenvalue weighted by atomic mass is 16.6. The normalized spacial score (nSPS) is 21.9. The van der Waals surface area contributed by atoms with E-state index in [2.05, 4.69) is 19.1 Å². The molecule has 0 unspecified atom stereocenters. The first-order valence-electron chi connectivity index (χ1n) is 5.26. The van der Waals surface area contributed by atoms with Crippen molar-refractivity contribution < 1.29 is 14.2 Å². The number of fused-ring (bicyclic) bond motifs is 1. The molecule has 1 aromatic rings. The van der Waals surface area contributed by atoms with Crippen LogP contribution in [0.2, 0.25) is 0 Å². The van der Waals surface area contributed by atoms with Gasteiger partial charge in [-0.15, -0.1) is 0 Å². The van der Waals surface area contributed by atoms with E-state index in [9.17, 15) is 0 Å². The summed E-state index contributed by atoms with van der Waals surface area (Å²) in [6.07, 6.45) is 0. The highest BCUT2D eigenvalue weighted by molar-refractivity contribution is 5.46. The SMILES string of the molecule is CC1(c2ccc3c(c2)OCCO3)COC1. The van der Waals surface area contributed by atoms with Gasteiger partial charge in [-0.3, -0.25) is 0 Å². The summed E-state index contributed by atoms with van der Waals surface area (Å²) >= 11 is 0. The Hall–Kier alpha value is -1.22. The summed E-state index contributed by atoms with van der Waals surface area (Å²) in [5.41, 5.74) is 1.44. The van der Waals surface area contributed by atoms with Crippen molar-refractivity contribution >= 4 is 0 Å². The lowest BCUT2D eigenvalue weighted by atomic mass is 9.81. The van der Waals surface area contributed by atoms with E-state index >= 15 is 0 Å². The molecule has 0 bridgehead atoms. The third kappa shape index (κ3) is 1.38. The van der Waals surface area contributed by atoms with Crippen LogP contribution in [0.4, 0.5) is 0 Å².